The first-order valence-corrected chi connectivity index (χ1v) is 2.07. The second-order valence-corrected chi connectivity index (χ2v) is 2.47. The fourth-order valence-corrected chi connectivity index (χ4v) is 0. The van der Waals surface area contributed by atoms with Gasteiger partial charge in [0.15, 0.2) is 0 Å². The molecule has 3 N–H and O–H groups in total. The van der Waals surface area contributed by atoms with Gasteiger partial charge >= 0.3 is 0 Å². The molecule has 0 heterocycles. The van der Waals surface area contributed by atoms with E-state index in [1.807, 2.05) is 0 Å². The van der Waals surface area contributed by atoms with Crippen molar-refractivity contribution in [3.8, 4) is 0 Å². The van der Waals surface area contributed by atoms with Crippen LogP contribution >= 0.6 is 0 Å². The van der Waals surface area contributed by atoms with E-state index in [0.717, 1.165) is 4.48 Å². The summed E-state index contributed by atoms with van der Waals surface area (Å²) in [6.07, 6.45) is 0. The zero-order valence-corrected chi connectivity index (χ0v) is 5.18. The summed E-state index contributed by atoms with van der Waals surface area (Å²) in [5.41, 5.74) is 5.28. The number of nitrogens with two attached hydrogens (primary N) is 1. The molecule has 0 aliphatic rings. The summed E-state index contributed by atoms with van der Waals surface area (Å²) in [7, 11) is 6.17. The highest BCUT2D eigenvalue weighted by Crippen LogP contribution is 1.79. The van der Waals surface area contributed by atoms with Gasteiger partial charge in [0.25, 0.3) is 0 Å². The lowest BCUT2D eigenvalue weighted by Crippen LogP contribution is -2.39. The van der Waals surface area contributed by atoms with Crippen molar-refractivity contribution in [2.75, 3.05) is 27.8 Å². The maximum atomic E-state index is 5.28. The van der Waals surface area contributed by atoms with E-state index in [2.05, 4.69) is 21.1 Å². The Labute approximate surface area is 44.6 Å². The van der Waals surface area contributed by atoms with Crippen molar-refractivity contribution in [2.24, 2.45) is 5.73 Å². The predicted octanol–water partition coefficient (Wildman–Crippen LogP) is -0.568. The first kappa shape index (κ1) is 9.99. The zero-order valence-electron chi connectivity index (χ0n) is 5.18. The van der Waals surface area contributed by atoms with Gasteiger partial charge in [0.1, 0.15) is 6.67 Å². The van der Waals surface area contributed by atoms with Crippen molar-refractivity contribution in [3.05, 3.63) is 0 Å². The van der Waals surface area contributed by atoms with E-state index in [9.17, 15) is 0 Å². The van der Waals surface area contributed by atoms with Gasteiger partial charge in [-0.2, -0.15) is 0 Å². The molecule has 0 aliphatic carbocycles. The zero-order chi connectivity index (χ0) is 5.21. The van der Waals surface area contributed by atoms with Gasteiger partial charge in [-0.05, 0) is 0 Å². The van der Waals surface area contributed by atoms with Gasteiger partial charge in [-0.1, -0.05) is 0 Å². The average Bonchev–Trinajstić information content (AvgIpc) is 1.35. The van der Waals surface area contributed by atoms with Crippen LogP contribution in [0.1, 0.15) is 0 Å². The van der Waals surface area contributed by atoms with Crippen LogP contribution in [0, 0.1) is 0 Å². The number of nitrogens with zero attached hydrogens (tertiary/aromatic N) is 1. The molecule has 7 heavy (non-hydrogen) atoms. The molecule has 0 aromatic heterocycles. The van der Waals surface area contributed by atoms with Crippen molar-refractivity contribution in [1.82, 2.24) is 0 Å². The van der Waals surface area contributed by atoms with E-state index < -0.39 is 0 Å². The molecular formula is C4H14N2O. The molecule has 0 aromatic rings. The molecule has 0 aromatic carbocycles. The molecule has 0 amide bonds. The predicted molar refractivity (Wildman–Crippen MR) is 29.0 cm³/mol. The first-order valence-electron chi connectivity index (χ1n) is 2.07. The van der Waals surface area contributed by atoms with Gasteiger partial charge in [0, 0.05) is 0 Å². The van der Waals surface area contributed by atoms with Crippen LogP contribution < -0.4 is 5.73 Å². The number of hydrogen-bond acceptors (Lipinski definition) is 2. The van der Waals surface area contributed by atoms with Gasteiger partial charge in [0.2, 0.25) is 0 Å². The minimum atomic E-state index is 0. The lowest BCUT2D eigenvalue weighted by molar-refractivity contribution is -0.870. The van der Waals surface area contributed by atoms with Crippen LogP contribution in [0.2, 0.25) is 0 Å². The Hall–Kier alpha value is -0.120. The fourth-order valence-electron chi connectivity index (χ4n) is 0. The largest absolute Gasteiger partial charge is 0.870 e. The van der Waals surface area contributed by atoms with Crippen LogP contribution in [-0.2, 0) is 0 Å². The summed E-state index contributed by atoms with van der Waals surface area (Å²) >= 11 is 0. The highest BCUT2D eigenvalue weighted by molar-refractivity contribution is 4.03. The van der Waals surface area contributed by atoms with E-state index in [-0.39, 0.29) is 5.48 Å². The SMILES string of the molecule is C[N+](C)(C)CN.[OH-]. The maximum Gasteiger partial charge on any atom is 0.129 e. The van der Waals surface area contributed by atoms with E-state index in [0.29, 0.717) is 6.67 Å². The third-order valence-corrected chi connectivity index (χ3v) is 0.548. The first-order chi connectivity index (χ1) is 2.56. The number of quaternary nitrogens is 1. The second kappa shape index (κ2) is 2.96. The Morgan fingerprint density at radius 2 is 1.43 bits per heavy atom. The summed E-state index contributed by atoms with van der Waals surface area (Å²) in [6.45, 7) is 0.708. The van der Waals surface area contributed by atoms with Crippen LogP contribution in [0.4, 0.5) is 0 Å². The Morgan fingerprint density at radius 3 is 1.43 bits per heavy atom. The molecule has 0 saturated heterocycles. The molecule has 0 radical (unpaired) electrons. The van der Waals surface area contributed by atoms with E-state index in [4.69, 9.17) is 5.73 Å². The number of rotatable bonds is 1. The van der Waals surface area contributed by atoms with E-state index in [1.165, 1.54) is 0 Å². The van der Waals surface area contributed by atoms with Gasteiger partial charge in [-0.3, -0.25) is 5.73 Å². The normalized spacial score (nSPS) is 10.3. The molecule has 0 atom stereocenters. The summed E-state index contributed by atoms with van der Waals surface area (Å²) in [6, 6.07) is 0. The number of hydrogen-bond donors (Lipinski definition) is 1. The third kappa shape index (κ3) is 10.7. The molecule has 0 saturated carbocycles. The average molecular weight is 106 g/mol. The Kier molecular flexibility index (Phi) is 4.22. The molecule has 46 valence electrons. The lowest BCUT2D eigenvalue weighted by atomic mass is 10.7. The van der Waals surface area contributed by atoms with Gasteiger partial charge < -0.3 is 9.96 Å². The molecule has 0 spiro atoms. The summed E-state index contributed by atoms with van der Waals surface area (Å²) in [5.74, 6) is 0. The Morgan fingerprint density at radius 1 is 1.29 bits per heavy atom. The Bertz CT molecular complexity index is 39.4. The monoisotopic (exact) mass is 106 g/mol. The molecule has 3 heteroatoms. The second-order valence-electron chi connectivity index (χ2n) is 2.47. The lowest BCUT2D eigenvalue weighted by Gasteiger charge is -2.20. The van der Waals surface area contributed by atoms with Crippen LogP contribution in [0.25, 0.3) is 0 Å². The van der Waals surface area contributed by atoms with Crippen molar-refractivity contribution in [3.63, 3.8) is 0 Å². The highest BCUT2D eigenvalue weighted by Gasteiger charge is 1.97. The molecular weight excluding hydrogens is 92.1 g/mol. The van der Waals surface area contributed by atoms with Gasteiger partial charge in [-0.25, -0.2) is 0 Å². The quantitative estimate of drug-likeness (QED) is 0.359. The molecule has 0 rings (SSSR count). The molecule has 0 bridgehead atoms. The summed E-state index contributed by atoms with van der Waals surface area (Å²) in [5, 5.41) is 0. The summed E-state index contributed by atoms with van der Waals surface area (Å²) < 4.78 is 0.847. The summed E-state index contributed by atoms with van der Waals surface area (Å²) in [4.78, 5) is 0. The Balaban J connectivity index is 0. The van der Waals surface area contributed by atoms with Crippen molar-refractivity contribution < 1.29 is 9.96 Å². The fraction of sp³-hybridized carbons (Fsp3) is 1.00. The smallest absolute Gasteiger partial charge is 0.129 e. The molecule has 0 unspecified atom stereocenters. The van der Waals surface area contributed by atoms with E-state index >= 15 is 0 Å². The van der Waals surface area contributed by atoms with Gasteiger partial charge in [-0.15, -0.1) is 0 Å². The van der Waals surface area contributed by atoms with Crippen LogP contribution in [-0.4, -0.2) is 37.8 Å². The van der Waals surface area contributed by atoms with Crippen LogP contribution in [0.3, 0.4) is 0 Å². The molecule has 3 nitrogen and oxygen atoms in total. The van der Waals surface area contributed by atoms with Crippen molar-refractivity contribution in [2.45, 2.75) is 0 Å². The minimum absolute atomic E-state index is 0. The van der Waals surface area contributed by atoms with Crippen molar-refractivity contribution >= 4 is 0 Å². The van der Waals surface area contributed by atoms with Crippen LogP contribution in [0.15, 0.2) is 0 Å². The topological polar surface area (TPSA) is 56.0 Å². The van der Waals surface area contributed by atoms with Crippen molar-refractivity contribution in [1.29, 1.82) is 0 Å². The minimum Gasteiger partial charge on any atom is -0.870 e. The van der Waals surface area contributed by atoms with E-state index in [1.54, 1.807) is 0 Å². The highest BCUT2D eigenvalue weighted by atomic mass is 16.0. The third-order valence-electron chi connectivity index (χ3n) is 0.548. The van der Waals surface area contributed by atoms with Gasteiger partial charge in [0.05, 0.1) is 21.1 Å². The molecule has 0 fully saturated rings. The van der Waals surface area contributed by atoms with Crippen LogP contribution in [0.5, 0.6) is 0 Å². The maximum absolute atomic E-state index is 5.28. The standard InChI is InChI=1S/C4H13N2.H2O/c1-6(2,3)4-5;/h4-5H2,1-3H3;1H2/q+1;/p-1. The molecule has 0 aliphatic heterocycles.